The second kappa shape index (κ2) is 5.40. The Labute approximate surface area is 115 Å². The van der Waals surface area contributed by atoms with E-state index in [1.54, 1.807) is 4.68 Å². The monoisotopic (exact) mass is 279 g/mol. The van der Waals surface area contributed by atoms with Crippen LogP contribution in [0.1, 0.15) is 27.3 Å². The van der Waals surface area contributed by atoms with Gasteiger partial charge in [0.1, 0.15) is 11.6 Å². The van der Waals surface area contributed by atoms with Crippen LogP contribution in [-0.2, 0) is 13.6 Å². The summed E-state index contributed by atoms with van der Waals surface area (Å²) in [4.78, 5) is 11.9. The number of hydrogen-bond acceptors (Lipinski definition) is 2. The van der Waals surface area contributed by atoms with Gasteiger partial charge in [0.2, 0.25) is 0 Å². The minimum absolute atomic E-state index is 0.0401. The summed E-state index contributed by atoms with van der Waals surface area (Å²) in [5, 5.41) is 6.87. The fraction of sp³-hybridized carbons (Fsp3) is 0.286. The molecule has 0 fully saturated rings. The molecule has 0 atom stereocenters. The SMILES string of the molecule is Cc1nn(C)c(C)c1CNC(=O)c1cc(F)cc(F)c1. The summed E-state index contributed by atoms with van der Waals surface area (Å²) in [6.45, 7) is 4.00. The van der Waals surface area contributed by atoms with Gasteiger partial charge in [-0.15, -0.1) is 0 Å². The van der Waals surface area contributed by atoms with Crippen LogP contribution in [0.15, 0.2) is 18.2 Å². The Bertz CT molecular complexity index is 644. The van der Waals surface area contributed by atoms with Crippen molar-refractivity contribution in [3.8, 4) is 0 Å². The highest BCUT2D eigenvalue weighted by Crippen LogP contribution is 2.12. The second-order valence-corrected chi connectivity index (χ2v) is 4.61. The zero-order chi connectivity index (χ0) is 14.9. The highest BCUT2D eigenvalue weighted by Gasteiger charge is 2.13. The molecule has 0 radical (unpaired) electrons. The van der Waals surface area contributed by atoms with E-state index in [1.807, 2.05) is 20.9 Å². The van der Waals surface area contributed by atoms with Crippen LogP contribution < -0.4 is 5.32 Å². The number of nitrogens with zero attached hydrogens (tertiary/aromatic N) is 2. The molecule has 0 unspecified atom stereocenters. The number of aromatic nitrogens is 2. The van der Waals surface area contributed by atoms with E-state index in [9.17, 15) is 13.6 Å². The van der Waals surface area contributed by atoms with E-state index in [4.69, 9.17) is 0 Å². The number of rotatable bonds is 3. The quantitative estimate of drug-likeness (QED) is 0.936. The van der Waals surface area contributed by atoms with Gasteiger partial charge in [-0.3, -0.25) is 9.48 Å². The molecule has 2 aromatic rings. The predicted octanol–water partition coefficient (Wildman–Crippen LogP) is 2.25. The van der Waals surface area contributed by atoms with Crippen molar-refractivity contribution in [3.63, 3.8) is 0 Å². The molecule has 1 aromatic carbocycles. The molecule has 2 rings (SSSR count). The summed E-state index contributed by atoms with van der Waals surface area (Å²) < 4.78 is 27.8. The lowest BCUT2D eigenvalue weighted by Crippen LogP contribution is -2.23. The van der Waals surface area contributed by atoms with Gasteiger partial charge < -0.3 is 5.32 Å². The van der Waals surface area contributed by atoms with Gasteiger partial charge in [0.25, 0.3) is 5.91 Å². The Hall–Kier alpha value is -2.24. The largest absolute Gasteiger partial charge is 0.348 e. The molecule has 0 bridgehead atoms. The van der Waals surface area contributed by atoms with Crippen LogP contribution in [0.4, 0.5) is 8.78 Å². The molecule has 1 amide bonds. The Morgan fingerprint density at radius 2 is 1.85 bits per heavy atom. The molecule has 6 heteroatoms. The van der Waals surface area contributed by atoms with Gasteiger partial charge in [-0.05, 0) is 26.0 Å². The van der Waals surface area contributed by atoms with E-state index < -0.39 is 17.5 Å². The fourth-order valence-electron chi connectivity index (χ4n) is 2.03. The number of hydrogen-bond donors (Lipinski definition) is 1. The minimum Gasteiger partial charge on any atom is -0.348 e. The van der Waals surface area contributed by atoms with E-state index in [2.05, 4.69) is 10.4 Å². The van der Waals surface area contributed by atoms with E-state index in [0.29, 0.717) is 0 Å². The standard InChI is InChI=1S/C14H15F2N3O/c1-8-13(9(2)19(3)18-8)7-17-14(20)10-4-11(15)6-12(16)5-10/h4-6H,7H2,1-3H3,(H,17,20). The molecular formula is C14H15F2N3O. The molecule has 1 N–H and O–H groups in total. The average Bonchev–Trinajstić information content (AvgIpc) is 2.60. The number of halogens is 2. The lowest BCUT2D eigenvalue weighted by atomic mass is 10.1. The number of amides is 1. The topological polar surface area (TPSA) is 46.9 Å². The molecule has 0 aliphatic heterocycles. The molecule has 0 saturated heterocycles. The van der Waals surface area contributed by atoms with Crippen molar-refractivity contribution in [1.29, 1.82) is 0 Å². The first-order valence-electron chi connectivity index (χ1n) is 6.12. The van der Waals surface area contributed by atoms with Crippen molar-refractivity contribution in [2.24, 2.45) is 7.05 Å². The van der Waals surface area contributed by atoms with E-state index >= 15 is 0 Å². The fourth-order valence-corrected chi connectivity index (χ4v) is 2.03. The van der Waals surface area contributed by atoms with Gasteiger partial charge in [0, 0.05) is 36.5 Å². The van der Waals surface area contributed by atoms with Crippen molar-refractivity contribution >= 4 is 5.91 Å². The van der Waals surface area contributed by atoms with Crippen molar-refractivity contribution < 1.29 is 13.6 Å². The highest BCUT2D eigenvalue weighted by atomic mass is 19.1. The van der Waals surface area contributed by atoms with Gasteiger partial charge in [-0.1, -0.05) is 0 Å². The lowest BCUT2D eigenvalue weighted by Gasteiger charge is -2.06. The van der Waals surface area contributed by atoms with Crippen LogP contribution in [0.3, 0.4) is 0 Å². The van der Waals surface area contributed by atoms with Gasteiger partial charge in [0.05, 0.1) is 5.69 Å². The van der Waals surface area contributed by atoms with E-state index in [0.717, 1.165) is 35.2 Å². The first kappa shape index (κ1) is 14.2. The zero-order valence-electron chi connectivity index (χ0n) is 11.5. The third kappa shape index (κ3) is 2.84. The molecule has 0 aliphatic carbocycles. The number of nitrogens with one attached hydrogen (secondary N) is 1. The Morgan fingerprint density at radius 1 is 1.25 bits per heavy atom. The number of carbonyl (C=O) groups excluding carboxylic acids is 1. The maximum absolute atomic E-state index is 13.0. The summed E-state index contributed by atoms with van der Waals surface area (Å²) in [5.41, 5.74) is 2.61. The van der Waals surface area contributed by atoms with Gasteiger partial charge in [-0.25, -0.2) is 8.78 Å². The van der Waals surface area contributed by atoms with E-state index in [-0.39, 0.29) is 12.1 Å². The molecular weight excluding hydrogens is 264 g/mol. The van der Waals surface area contributed by atoms with Crippen LogP contribution in [0.2, 0.25) is 0 Å². The maximum atomic E-state index is 13.0. The summed E-state index contributed by atoms with van der Waals surface area (Å²) in [6.07, 6.45) is 0. The third-order valence-corrected chi connectivity index (χ3v) is 3.21. The molecule has 1 aromatic heterocycles. The normalized spacial score (nSPS) is 10.7. The molecule has 0 saturated carbocycles. The second-order valence-electron chi connectivity index (χ2n) is 4.61. The molecule has 0 aliphatic rings. The zero-order valence-corrected chi connectivity index (χ0v) is 11.5. The minimum atomic E-state index is -0.774. The summed E-state index contributed by atoms with van der Waals surface area (Å²) >= 11 is 0. The predicted molar refractivity (Wildman–Crippen MR) is 70.2 cm³/mol. The van der Waals surface area contributed by atoms with Gasteiger partial charge in [-0.2, -0.15) is 5.10 Å². The molecule has 20 heavy (non-hydrogen) atoms. The molecule has 106 valence electrons. The first-order chi connectivity index (χ1) is 9.38. The van der Waals surface area contributed by atoms with Crippen molar-refractivity contribution in [2.45, 2.75) is 20.4 Å². The van der Waals surface area contributed by atoms with Crippen LogP contribution in [-0.4, -0.2) is 15.7 Å². The van der Waals surface area contributed by atoms with Crippen LogP contribution in [0.25, 0.3) is 0 Å². The summed E-state index contributed by atoms with van der Waals surface area (Å²) in [6, 6.07) is 2.73. The number of benzene rings is 1. The van der Waals surface area contributed by atoms with Crippen molar-refractivity contribution in [1.82, 2.24) is 15.1 Å². The van der Waals surface area contributed by atoms with Crippen LogP contribution >= 0.6 is 0 Å². The van der Waals surface area contributed by atoms with Crippen LogP contribution in [0, 0.1) is 25.5 Å². The lowest BCUT2D eigenvalue weighted by molar-refractivity contribution is 0.0950. The van der Waals surface area contributed by atoms with Crippen molar-refractivity contribution in [3.05, 3.63) is 52.3 Å². The van der Waals surface area contributed by atoms with Gasteiger partial charge >= 0.3 is 0 Å². The first-order valence-corrected chi connectivity index (χ1v) is 6.12. The Balaban J connectivity index is 2.12. The highest BCUT2D eigenvalue weighted by molar-refractivity contribution is 5.94. The molecule has 4 nitrogen and oxygen atoms in total. The Morgan fingerprint density at radius 3 is 2.35 bits per heavy atom. The average molecular weight is 279 g/mol. The summed E-state index contributed by atoms with van der Waals surface area (Å²) in [7, 11) is 1.82. The number of aryl methyl sites for hydroxylation is 2. The number of carbonyl (C=O) groups is 1. The van der Waals surface area contributed by atoms with E-state index in [1.165, 1.54) is 0 Å². The van der Waals surface area contributed by atoms with Crippen molar-refractivity contribution in [2.75, 3.05) is 0 Å². The molecule has 1 heterocycles. The Kier molecular flexibility index (Phi) is 3.83. The summed E-state index contributed by atoms with van der Waals surface area (Å²) in [5.74, 6) is -2.07. The maximum Gasteiger partial charge on any atom is 0.251 e. The third-order valence-electron chi connectivity index (χ3n) is 3.21. The molecule has 0 spiro atoms. The smallest absolute Gasteiger partial charge is 0.251 e. The van der Waals surface area contributed by atoms with Gasteiger partial charge in [0.15, 0.2) is 0 Å². The van der Waals surface area contributed by atoms with Crippen LogP contribution in [0.5, 0.6) is 0 Å².